The summed E-state index contributed by atoms with van der Waals surface area (Å²) >= 11 is 11.4. The SMILES string of the molecule is CC.CC(=O)COc1cc(Cl)cc(Cl)c1. The highest BCUT2D eigenvalue weighted by atomic mass is 35.5. The van der Waals surface area contributed by atoms with Crippen LogP contribution in [0.3, 0.4) is 0 Å². The predicted molar refractivity (Wildman–Crippen MR) is 64.0 cm³/mol. The highest BCUT2D eigenvalue weighted by molar-refractivity contribution is 6.34. The Bertz CT molecular complexity index is 304. The number of ketones is 1. The topological polar surface area (TPSA) is 26.3 Å². The maximum absolute atomic E-state index is 10.6. The number of carbonyl (C=O) groups excluding carboxylic acids is 1. The van der Waals surface area contributed by atoms with Gasteiger partial charge in [0.05, 0.1) is 0 Å². The van der Waals surface area contributed by atoms with Crippen LogP contribution in [0.15, 0.2) is 18.2 Å². The molecule has 0 spiro atoms. The zero-order valence-electron chi connectivity index (χ0n) is 9.01. The lowest BCUT2D eigenvalue weighted by molar-refractivity contribution is -0.118. The molecular formula is C11H14Cl2O2. The van der Waals surface area contributed by atoms with E-state index < -0.39 is 0 Å². The van der Waals surface area contributed by atoms with E-state index in [-0.39, 0.29) is 12.4 Å². The number of ether oxygens (including phenoxy) is 1. The van der Waals surface area contributed by atoms with Gasteiger partial charge in [-0.25, -0.2) is 0 Å². The van der Waals surface area contributed by atoms with E-state index in [9.17, 15) is 4.79 Å². The smallest absolute Gasteiger partial charge is 0.167 e. The van der Waals surface area contributed by atoms with E-state index in [1.54, 1.807) is 18.2 Å². The molecule has 4 heteroatoms. The maximum Gasteiger partial charge on any atom is 0.167 e. The third-order valence-electron chi connectivity index (χ3n) is 1.28. The zero-order valence-corrected chi connectivity index (χ0v) is 10.5. The van der Waals surface area contributed by atoms with E-state index in [1.165, 1.54) is 6.92 Å². The molecule has 0 amide bonds. The number of rotatable bonds is 3. The Kier molecular flexibility index (Phi) is 7.18. The van der Waals surface area contributed by atoms with Crippen molar-refractivity contribution in [1.82, 2.24) is 0 Å². The first-order valence-electron chi connectivity index (χ1n) is 4.66. The van der Waals surface area contributed by atoms with Gasteiger partial charge in [0, 0.05) is 10.0 Å². The van der Waals surface area contributed by atoms with Crippen molar-refractivity contribution in [2.24, 2.45) is 0 Å². The Morgan fingerprint density at radius 3 is 2.07 bits per heavy atom. The normalized spacial score (nSPS) is 8.87. The fourth-order valence-electron chi connectivity index (χ4n) is 0.797. The largest absolute Gasteiger partial charge is 0.486 e. The first-order chi connectivity index (χ1) is 7.08. The van der Waals surface area contributed by atoms with Crippen LogP contribution >= 0.6 is 23.2 Å². The van der Waals surface area contributed by atoms with Crippen LogP contribution in [-0.2, 0) is 4.79 Å². The molecule has 0 aliphatic heterocycles. The average molecular weight is 249 g/mol. The van der Waals surface area contributed by atoms with E-state index in [1.807, 2.05) is 13.8 Å². The highest BCUT2D eigenvalue weighted by Crippen LogP contribution is 2.23. The summed E-state index contributed by atoms with van der Waals surface area (Å²) in [5.74, 6) is 0.462. The molecule has 1 aromatic carbocycles. The number of benzene rings is 1. The fraction of sp³-hybridized carbons (Fsp3) is 0.364. The predicted octanol–water partition coefficient (Wildman–Crippen LogP) is 3.99. The molecule has 0 bridgehead atoms. The van der Waals surface area contributed by atoms with Crippen LogP contribution in [0.2, 0.25) is 10.0 Å². The van der Waals surface area contributed by atoms with Crippen LogP contribution in [0, 0.1) is 0 Å². The average Bonchev–Trinajstić information content (AvgIpc) is 2.16. The number of halogens is 2. The third-order valence-corrected chi connectivity index (χ3v) is 1.71. The van der Waals surface area contributed by atoms with Gasteiger partial charge >= 0.3 is 0 Å². The molecule has 0 aliphatic rings. The van der Waals surface area contributed by atoms with Crippen LogP contribution in [-0.4, -0.2) is 12.4 Å². The molecule has 84 valence electrons. The zero-order chi connectivity index (χ0) is 11.8. The monoisotopic (exact) mass is 248 g/mol. The minimum atomic E-state index is -0.0453. The van der Waals surface area contributed by atoms with E-state index in [4.69, 9.17) is 27.9 Å². The van der Waals surface area contributed by atoms with Crippen LogP contribution in [0.5, 0.6) is 5.75 Å². The standard InChI is InChI=1S/C9H8Cl2O2.C2H6/c1-6(12)5-13-9-3-7(10)2-8(11)4-9;1-2/h2-4H,5H2,1H3;1-2H3. The Morgan fingerprint density at radius 1 is 1.20 bits per heavy atom. The van der Waals surface area contributed by atoms with Crippen molar-refractivity contribution in [2.75, 3.05) is 6.61 Å². The Hall–Kier alpha value is -0.730. The van der Waals surface area contributed by atoms with E-state index in [0.29, 0.717) is 15.8 Å². The number of Topliss-reactive ketones (excluding diaryl/α,β-unsaturated/α-hetero) is 1. The molecule has 0 aromatic heterocycles. The minimum absolute atomic E-state index is 0.0384. The molecule has 15 heavy (non-hydrogen) atoms. The first kappa shape index (κ1) is 14.3. The lowest BCUT2D eigenvalue weighted by Crippen LogP contribution is -2.06. The lowest BCUT2D eigenvalue weighted by atomic mass is 10.3. The van der Waals surface area contributed by atoms with Gasteiger partial charge in [-0.05, 0) is 25.1 Å². The van der Waals surface area contributed by atoms with Gasteiger partial charge in [0.25, 0.3) is 0 Å². The van der Waals surface area contributed by atoms with Crippen molar-refractivity contribution in [3.63, 3.8) is 0 Å². The summed E-state index contributed by atoms with van der Waals surface area (Å²) in [6.07, 6.45) is 0. The quantitative estimate of drug-likeness (QED) is 0.809. The molecule has 0 radical (unpaired) electrons. The number of hydrogen-bond acceptors (Lipinski definition) is 2. The molecule has 0 atom stereocenters. The summed E-state index contributed by atoms with van der Waals surface area (Å²) in [4.78, 5) is 10.6. The molecule has 2 nitrogen and oxygen atoms in total. The van der Waals surface area contributed by atoms with Crippen molar-refractivity contribution < 1.29 is 9.53 Å². The van der Waals surface area contributed by atoms with E-state index >= 15 is 0 Å². The van der Waals surface area contributed by atoms with Gasteiger partial charge < -0.3 is 4.74 Å². The molecule has 0 saturated heterocycles. The third kappa shape index (κ3) is 6.37. The first-order valence-corrected chi connectivity index (χ1v) is 5.42. The van der Waals surface area contributed by atoms with E-state index in [2.05, 4.69) is 0 Å². The van der Waals surface area contributed by atoms with Crippen molar-refractivity contribution in [3.05, 3.63) is 28.2 Å². The minimum Gasteiger partial charge on any atom is -0.486 e. The summed E-state index contributed by atoms with van der Waals surface area (Å²) in [7, 11) is 0. The van der Waals surface area contributed by atoms with Gasteiger partial charge in [-0.15, -0.1) is 0 Å². The lowest BCUT2D eigenvalue weighted by Gasteiger charge is -2.04. The maximum atomic E-state index is 10.6. The van der Waals surface area contributed by atoms with Gasteiger partial charge in [0.2, 0.25) is 0 Å². The second-order valence-electron chi connectivity index (χ2n) is 2.60. The molecule has 0 N–H and O–H groups in total. The summed E-state index contributed by atoms with van der Waals surface area (Å²) in [6, 6.07) is 4.82. The van der Waals surface area contributed by atoms with Gasteiger partial charge in [-0.3, -0.25) is 4.79 Å². The summed E-state index contributed by atoms with van der Waals surface area (Å²) in [5, 5.41) is 0.983. The van der Waals surface area contributed by atoms with Gasteiger partial charge in [0.1, 0.15) is 12.4 Å². The number of hydrogen-bond donors (Lipinski definition) is 0. The second-order valence-corrected chi connectivity index (χ2v) is 3.47. The molecule has 0 unspecified atom stereocenters. The summed E-state index contributed by atoms with van der Waals surface area (Å²) in [6.45, 7) is 5.49. The molecule has 0 heterocycles. The number of carbonyl (C=O) groups is 1. The Morgan fingerprint density at radius 2 is 1.67 bits per heavy atom. The molecule has 0 fully saturated rings. The molecular weight excluding hydrogens is 235 g/mol. The Balaban J connectivity index is 0.000000921. The molecule has 1 aromatic rings. The fourth-order valence-corrected chi connectivity index (χ4v) is 1.30. The van der Waals surface area contributed by atoms with Crippen LogP contribution < -0.4 is 4.74 Å². The van der Waals surface area contributed by atoms with Crippen LogP contribution in [0.25, 0.3) is 0 Å². The highest BCUT2D eigenvalue weighted by Gasteiger charge is 2.00. The summed E-state index contributed by atoms with van der Waals surface area (Å²) < 4.78 is 5.11. The second kappa shape index (κ2) is 7.55. The van der Waals surface area contributed by atoms with Crippen molar-refractivity contribution in [3.8, 4) is 5.75 Å². The summed E-state index contributed by atoms with van der Waals surface area (Å²) in [5.41, 5.74) is 0. The molecule has 0 aliphatic carbocycles. The van der Waals surface area contributed by atoms with Crippen molar-refractivity contribution in [1.29, 1.82) is 0 Å². The molecule has 1 rings (SSSR count). The Labute approximate surface area is 100 Å². The van der Waals surface area contributed by atoms with Crippen LogP contribution in [0.4, 0.5) is 0 Å². The van der Waals surface area contributed by atoms with Gasteiger partial charge in [0.15, 0.2) is 5.78 Å². The van der Waals surface area contributed by atoms with Gasteiger partial charge in [-0.2, -0.15) is 0 Å². The molecule has 0 saturated carbocycles. The van der Waals surface area contributed by atoms with E-state index in [0.717, 1.165) is 0 Å². The van der Waals surface area contributed by atoms with Crippen molar-refractivity contribution >= 4 is 29.0 Å². The van der Waals surface area contributed by atoms with Crippen LogP contribution in [0.1, 0.15) is 20.8 Å². The van der Waals surface area contributed by atoms with Crippen molar-refractivity contribution in [2.45, 2.75) is 20.8 Å². The van der Waals surface area contributed by atoms with Gasteiger partial charge in [-0.1, -0.05) is 37.0 Å².